The van der Waals surface area contributed by atoms with Crippen LogP contribution < -0.4 is 0 Å². The topological polar surface area (TPSA) is 55.4 Å². The fraction of sp³-hybridized carbons (Fsp3) is 0.818. The third kappa shape index (κ3) is 28.3. The number of unbranched alkanes of at least 4 members (excludes halogenated alkanes) is 13. The van der Waals surface area contributed by atoms with Gasteiger partial charge in [0.1, 0.15) is 0 Å². The molecule has 0 radical (unpaired) electrons. The van der Waals surface area contributed by atoms with E-state index < -0.39 is 0 Å². The van der Waals surface area contributed by atoms with Crippen LogP contribution in [0.2, 0.25) is 0 Å². The molecule has 6 heteroatoms. The van der Waals surface area contributed by atoms with E-state index in [-0.39, 0.29) is 0 Å². The molecule has 0 bridgehead atoms. The summed E-state index contributed by atoms with van der Waals surface area (Å²) in [5, 5.41) is 0. The molecule has 0 aliphatic heterocycles. The van der Waals surface area contributed by atoms with Crippen molar-refractivity contribution in [1.82, 2.24) is 0 Å². The molecule has 0 aliphatic rings. The van der Waals surface area contributed by atoms with Crippen molar-refractivity contribution in [2.24, 2.45) is 0 Å². The monoisotopic (exact) mass is 552 g/mol. The van der Waals surface area contributed by atoms with E-state index in [4.69, 9.17) is 28.4 Å². The molecular weight excluding hydrogens is 492 g/mol. The fourth-order valence-corrected chi connectivity index (χ4v) is 4.26. The highest BCUT2D eigenvalue weighted by Crippen LogP contribution is 2.13. The van der Waals surface area contributed by atoms with Crippen molar-refractivity contribution < 1.29 is 28.4 Å². The molecule has 0 amide bonds. The molecule has 0 unspecified atom stereocenters. The Morgan fingerprint density at radius 1 is 0.359 bits per heavy atom. The van der Waals surface area contributed by atoms with Crippen LogP contribution >= 0.6 is 0 Å². The van der Waals surface area contributed by atoms with E-state index in [1.54, 1.807) is 0 Å². The molecule has 0 saturated carbocycles. The summed E-state index contributed by atoms with van der Waals surface area (Å²) in [4.78, 5) is 0. The summed E-state index contributed by atoms with van der Waals surface area (Å²) in [6, 6.07) is 10.1. The Balaban J connectivity index is 1.62. The fourth-order valence-electron chi connectivity index (χ4n) is 4.26. The van der Waals surface area contributed by atoms with E-state index in [9.17, 15) is 0 Å². The number of benzene rings is 1. The van der Waals surface area contributed by atoms with Crippen LogP contribution in [0.1, 0.15) is 102 Å². The van der Waals surface area contributed by atoms with Gasteiger partial charge < -0.3 is 28.4 Å². The predicted molar refractivity (Wildman–Crippen MR) is 161 cm³/mol. The third-order valence-corrected chi connectivity index (χ3v) is 6.61. The van der Waals surface area contributed by atoms with Gasteiger partial charge in [0.2, 0.25) is 0 Å². The Kier molecular flexibility index (Phi) is 29.1. The van der Waals surface area contributed by atoms with Gasteiger partial charge >= 0.3 is 0 Å². The highest BCUT2D eigenvalue weighted by atomic mass is 16.6. The summed E-state index contributed by atoms with van der Waals surface area (Å²) in [6.07, 6.45) is 19.4. The maximum atomic E-state index is 5.67. The molecule has 228 valence electrons. The molecule has 0 atom stereocenters. The van der Waals surface area contributed by atoms with Gasteiger partial charge in [0.15, 0.2) is 0 Å². The molecule has 1 rings (SSSR count). The molecular formula is C33H60O6. The van der Waals surface area contributed by atoms with E-state index in [2.05, 4.69) is 19.1 Å². The van der Waals surface area contributed by atoms with Crippen LogP contribution in [-0.4, -0.2) is 72.7 Å². The Bertz CT molecular complexity index is 571. The Labute approximate surface area is 240 Å². The minimum absolute atomic E-state index is 0.565. The van der Waals surface area contributed by atoms with E-state index >= 15 is 0 Å². The summed E-state index contributed by atoms with van der Waals surface area (Å²) in [6.45, 7) is 9.65. The van der Waals surface area contributed by atoms with Crippen molar-refractivity contribution in [3.8, 4) is 0 Å². The van der Waals surface area contributed by atoms with Crippen molar-refractivity contribution >= 4 is 0 Å². The average molecular weight is 553 g/mol. The van der Waals surface area contributed by atoms with Crippen molar-refractivity contribution in [2.75, 3.05) is 72.7 Å². The second kappa shape index (κ2) is 31.5. The molecule has 1 aromatic rings. The molecule has 1 aromatic carbocycles. The maximum absolute atomic E-state index is 5.67. The maximum Gasteiger partial charge on any atom is 0.0718 e. The third-order valence-electron chi connectivity index (χ3n) is 6.61. The molecule has 0 aromatic heterocycles. The van der Waals surface area contributed by atoms with Crippen LogP contribution in [0.25, 0.3) is 0 Å². The first-order valence-corrected chi connectivity index (χ1v) is 15.9. The first kappa shape index (κ1) is 36.0. The smallest absolute Gasteiger partial charge is 0.0718 e. The lowest BCUT2D eigenvalue weighted by atomic mass is 10.0. The van der Waals surface area contributed by atoms with Gasteiger partial charge in [-0.25, -0.2) is 0 Å². The molecule has 0 spiro atoms. The van der Waals surface area contributed by atoms with E-state index in [0.29, 0.717) is 72.7 Å². The van der Waals surface area contributed by atoms with Gasteiger partial charge in [-0.05, 0) is 12.0 Å². The van der Waals surface area contributed by atoms with E-state index in [0.717, 1.165) is 13.0 Å². The van der Waals surface area contributed by atoms with Crippen molar-refractivity contribution in [2.45, 2.75) is 103 Å². The second-order valence-corrected chi connectivity index (χ2v) is 10.2. The minimum Gasteiger partial charge on any atom is -0.379 e. The predicted octanol–water partition coefficient (Wildman–Crippen LogP) is 7.77. The van der Waals surface area contributed by atoms with Gasteiger partial charge in [-0.3, -0.25) is 0 Å². The summed E-state index contributed by atoms with van der Waals surface area (Å²) in [5.41, 5.74) is 1.18. The molecule has 0 aliphatic carbocycles. The van der Waals surface area contributed by atoms with Gasteiger partial charge in [-0.2, -0.15) is 0 Å². The lowest BCUT2D eigenvalue weighted by molar-refractivity contribution is -0.0178. The van der Waals surface area contributed by atoms with E-state index in [1.165, 1.54) is 89.0 Å². The van der Waals surface area contributed by atoms with Crippen molar-refractivity contribution in [3.05, 3.63) is 35.9 Å². The zero-order valence-corrected chi connectivity index (χ0v) is 25.2. The quantitative estimate of drug-likeness (QED) is 0.0851. The molecule has 0 heterocycles. The summed E-state index contributed by atoms with van der Waals surface area (Å²) >= 11 is 0. The Morgan fingerprint density at radius 3 is 1.10 bits per heavy atom. The lowest BCUT2D eigenvalue weighted by Crippen LogP contribution is -2.14. The van der Waals surface area contributed by atoms with E-state index in [1.807, 2.05) is 18.2 Å². The molecule has 6 nitrogen and oxygen atoms in total. The number of rotatable bonds is 32. The average Bonchev–Trinajstić information content (AvgIpc) is 2.96. The zero-order valence-electron chi connectivity index (χ0n) is 25.2. The lowest BCUT2D eigenvalue weighted by Gasteiger charge is -2.08. The second-order valence-electron chi connectivity index (χ2n) is 10.2. The number of ether oxygens (including phenoxy) is 6. The number of hydrogen-bond acceptors (Lipinski definition) is 6. The van der Waals surface area contributed by atoms with Crippen molar-refractivity contribution in [3.63, 3.8) is 0 Å². The van der Waals surface area contributed by atoms with Crippen LogP contribution in [0, 0.1) is 0 Å². The largest absolute Gasteiger partial charge is 0.379 e. The standard InChI is InChI=1S/C33H60O6/c1-2-3-4-5-6-7-8-9-10-11-12-13-14-18-21-34-22-23-35-24-25-36-26-27-37-28-29-38-30-31-39-32-33-19-16-15-17-20-33/h15-17,19-20H,2-14,18,21-32H2,1H3. The van der Waals surface area contributed by atoms with Crippen molar-refractivity contribution in [1.29, 1.82) is 0 Å². The normalized spacial score (nSPS) is 11.4. The Hall–Kier alpha value is -1.02. The SMILES string of the molecule is CCCCCCCCCCCCCCCCOCCOCCOCCOCCOCCOCc1ccccc1. The molecule has 39 heavy (non-hydrogen) atoms. The van der Waals surface area contributed by atoms with Crippen LogP contribution in [-0.2, 0) is 35.0 Å². The van der Waals surface area contributed by atoms with Gasteiger partial charge in [-0.15, -0.1) is 0 Å². The zero-order chi connectivity index (χ0) is 27.7. The summed E-state index contributed by atoms with van der Waals surface area (Å²) in [7, 11) is 0. The van der Waals surface area contributed by atoms with Gasteiger partial charge in [-0.1, -0.05) is 121 Å². The first-order valence-electron chi connectivity index (χ1n) is 15.9. The minimum atomic E-state index is 0.565. The molecule has 0 fully saturated rings. The highest BCUT2D eigenvalue weighted by Gasteiger charge is 1.97. The molecule has 0 N–H and O–H groups in total. The summed E-state index contributed by atoms with van der Waals surface area (Å²) in [5.74, 6) is 0. The van der Waals surface area contributed by atoms with Gasteiger partial charge in [0, 0.05) is 6.61 Å². The van der Waals surface area contributed by atoms with Crippen LogP contribution in [0.5, 0.6) is 0 Å². The van der Waals surface area contributed by atoms with Gasteiger partial charge in [0.25, 0.3) is 0 Å². The van der Waals surface area contributed by atoms with Crippen LogP contribution in [0.3, 0.4) is 0 Å². The Morgan fingerprint density at radius 2 is 0.692 bits per heavy atom. The number of hydrogen-bond donors (Lipinski definition) is 0. The van der Waals surface area contributed by atoms with Crippen LogP contribution in [0.4, 0.5) is 0 Å². The van der Waals surface area contributed by atoms with Crippen LogP contribution in [0.15, 0.2) is 30.3 Å². The van der Waals surface area contributed by atoms with Gasteiger partial charge in [0.05, 0.1) is 72.7 Å². The first-order chi connectivity index (χ1) is 19.4. The summed E-state index contributed by atoms with van der Waals surface area (Å²) < 4.78 is 33.3. The molecule has 0 saturated heterocycles. The highest BCUT2D eigenvalue weighted by molar-refractivity contribution is 5.13.